The van der Waals surface area contributed by atoms with Gasteiger partial charge in [-0.05, 0) is 31.3 Å². The minimum atomic E-state index is 0.463. The van der Waals surface area contributed by atoms with Crippen LogP contribution in [0.1, 0.15) is 20.8 Å². The van der Waals surface area contributed by atoms with Crippen molar-refractivity contribution in [2.24, 2.45) is 17.3 Å². The Kier molecular flexibility index (Phi) is 2.39. The van der Waals surface area contributed by atoms with Crippen LogP contribution in [0.2, 0.25) is 0 Å². The fourth-order valence-electron chi connectivity index (χ4n) is 3.15. The second-order valence-electron chi connectivity index (χ2n) is 6.54. The zero-order chi connectivity index (χ0) is 10.5. The zero-order valence-corrected chi connectivity index (χ0v) is 10.2. The molecule has 0 amide bonds. The van der Waals surface area contributed by atoms with Gasteiger partial charge < -0.3 is 9.80 Å². The van der Waals surface area contributed by atoms with E-state index in [1.807, 2.05) is 0 Å². The van der Waals surface area contributed by atoms with Crippen molar-refractivity contribution in [2.45, 2.75) is 26.8 Å². The summed E-state index contributed by atoms with van der Waals surface area (Å²) in [5.74, 6) is 1.96. The average molecular weight is 196 g/mol. The molecule has 1 saturated carbocycles. The molecule has 1 aliphatic carbocycles. The summed E-state index contributed by atoms with van der Waals surface area (Å²) in [4.78, 5) is 5.05. The van der Waals surface area contributed by atoms with Crippen LogP contribution in [0.3, 0.4) is 0 Å². The summed E-state index contributed by atoms with van der Waals surface area (Å²) in [5.41, 5.74) is 0.463. The average Bonchev–Trinajstić information content (AvgIpc) is 2.47. The van der Waals surface area contributed by atoms with E-state index in [1.165, 1.54) is 19.6 Å². The number of nitrogens with zero attached hydrogens (tertiary/aromatic N) is 2. The second-order valence-corrected chi connectivity index (χ2v) is 6.54. The van der Waals surface area contributed by atoms with Crippen molar-refractivity contribution in [3.05, 3.63) is 0 Å². The molecule has 0 aromatic carbocycles. The molecular formula is C12H24N2. The summed E-state index contributed by atoms with van der Waals surface area (Å²) in [6.07, 6.45) is 0. The van der Waals surface area contributed by atoms with Crippen molar-refractivity contribution >= 4 is 0 Å². The first kappa shape index (κ1) is 10.4. The maximum atomic E-state index is 2.65. The molecule has 1 saturated heterocycles. The first-order valence-corrected chi connectivity index (χ1v) is 5.77. The standard InChI is InChI=1S/C12H24N2/c1-12(2,3)8-14-6-9-10(7-14)11(9)13(4)5/h9-11H,6-8H2,1-5H3. The summed E-state index contributed by atoms with van der Waals surface area (Å²) >= 11 is 0. The summed E-state index contributed by atoms with van der Waals surface area (Å²) in [5, 5.41) is 0. The molecule has 0 aromatic heterocycles. The van der Waals surface area contributed by atoms with Crippen LogP contribution < -0.4 is 0 Å². The number of hydrogen-bond donors (Lipinski definition) is 0. The van der Waals surface area contributed by atoms with Gasteiger partial charge in [0.15, 0.2) is 0 Å². The normalized spacial score (nSPS) is 37.7. The van der Waals surface area contributed by atoms with Gasteiger partial charge in [-0.1, -0.05) is 20.8 Å². The molecular weight excluding hydrogens is 172 g/mol. The van der Waals surface area contributed by atoms with E-state index in [0.717, 1.165) is 17.9 Å². The van der Waals surface area contributed by atoms with Crippen molar-refractivity contribution in [3.8, 4) is 0 Å². The van der Waals surface area contributed by atoms with Gasteiger partial charge in [-0.25, -0.2) is 0 Å². The highest BCUT2D eigenvalue weighted by Gasteiger charge is 2.56. The van der Waals surface area contributed by atoms with E-state index in [0.29, 0.717) is 5.41 Å². The fourth-order valence-corrected chi connectivity index (χ4v) is 3.15. The van der Waals surface area contributed by atoms with Gasteiger partial charge in [0.2, 0.25) is 0 Å². The van der Waals surface area contributed by atoms with Crippen LogP contribution in [-0.2, 0) is 0 Å². The lowest BCUT2D eigenvalue weighted by Crippen LogP contribution is -2.36. The molecule has 2 nitrogen and oxygen atoms in total. The van der Waals surface area contributed by atoms with E-state index in [-0.39, 0.29) is 0 Å². The van der Waals surface area contributed by atoms with E-state index >= 15 is 0 Å². The number of likely N-dealkylation sites (tertiary alicyclic amines) is 1. The van der Waals surface area contributed by atoms with E-state index in [2.05, 4.69) is 44.7 Å². The van der Waals surface area contributed by atoms with Crippen LogP contribution in [0.5, 0.6) is 0 Å². The monoisotopic (exact) mass is 196 g/mol. The van der Waals surface area contributed by atoms with Gasteiger partial charge in [-0.2, -0.15) is 0 Å². The predicted molar refractivity (Wildman–Crippen MR) is 60.4 cm³/mol. The van der Waals surface area contributed by atoms with Crippen molar-refractivity contribution in [1.29, 1.82) is 0 Å². The lowest BCUT2D eigenvalue weighted by Gasteiger charge is -2.28. The molecule has 2 aliphatic rings. The highest BCUT2D eigenvalue weighted by atomic mass is 15.3. The van der Waals surface area contributed by atoms with Crippen LogP contribution in [-0.4, -0.2) is 49.6 Å². The van der Waals surface area contributed by atoms with Crippen molar-refractivity contribution in [3.63, 3.8) is 0 Å². The fraction of sp³-hybridized carbons (Fsp3) is 1.00. The lowest BCUT2D eigenvalue weighted by molar-refractivity contribution is 0.188. The number of piperidine rings is 1. The molecule has 0 spiro atoms. The molecule has 2 unspecified atom stereocenters. The third kappa shape index (κ3) is 1.96. The number of fused-ring (bicyclic) bond motifs is 1. The first-order valence-electron chi connectivity index (χ1n) is 5.77. The second kappa shape index (κ2) is 3.21. The Labute approximate surface area is 88.3 Å². The van der Waals surface area contributed by atoms with Crippen LogP contribution in [0.25, 0.3) is 0 Å². The van der Waals surface area contributed by atoms with Crippen LogP contribution in [0.15, 0.2) is 0 Å². The molecule has 1 heterocycles. The van der Waals surface area contributed by atoms with Gasteiger partial charge in [0, 0.05) is 25.7 Å². The SMILES string of the molecule is CN(C)C1C2CN(CC(C)(C)C)CC21. The Morgan fingerprint density at radius 3 is 2.00 bits per heavy atom. The molecule has 0 bridgehead atoms. The smallest absolute Gasteiger partial charge is 0.0177 e. The van der Waals surface area contributed by atoms with Gasteiger partial charge in [0.05, 0.1) is 0 Å². The summed E-state index contributed by atoms with van der Waals surface area (Å²) < 4.78 is 0. The summed E-state index contributed by atoms with van der Waals surface area (Å²) in [6, 6.07) is 0.895. The number of hydrogen-bond acceptors (Lipinski definition) is 2. The molecule has 0 N–H and O–H groups in total. The number of rotatable bonds is 2. The topological polar surface area (TPSA) is 6.48 Å². The molecule has 14 heavy (non-hydrogen) atoms. The molecule has 2 fully saturated rings. The Morgan fingerprint density at radius 2 is 1.64 bits per heavy atom. The van der Waals surface area contributed by atoms with Crippen LogP contribution >= 0.6 is 0 Å². The Balaban J connectivity index is 1.79. The minimum absolute atomic E-state index is 0.463. The Hall–Kier alpha value is -0.0800. The molecule has 2 rings (SSSR count). The highest BCUT2D eigenvalue weighted by Crippen LogP contribution is 2.48. The van der Waals surface area contributed by atoms with E-state index < -0.39 is 0 Å². The van der Waals surface area contributed by atoms with Gasteiger partial charge in [0.25, 0.3) is 0 Å². The molecule has 0 aromatic rings. The molecule has 2 atom stereocenters. The third-order valence-electron chi connectivity index (χ3n) is 3.52. The van der Waals surface area contributed by atoms with E-state index in [1.54, 1.807) is 0 Å². The third-order valence-corrected chi connectivity index (χ3v) is 3.52. The summed E-state index contributed by atoms with van der Waals surface area (Å²) in [7, 11) is 4.44. The maximum absolute atomic E-state index is 2.65. The van der Waals surface area contributed by atoms with Gasteiger partial charge >= 0.3 is 0 Å². The first-order chi connectivity index (χ1) is 6.38. The molecule has 82 valence electrons. The quantitative estimate of drug-likeness (QED) is 0.661. The van der Waals surface area contributed by atoms with E-state index in [9.17, 15) is 0 Å². The van der Waals surface area contributed by atoms with Crippen molar-refractivity contribution < 1.29 is 0 Å². The molecule has 1 aliphatic heterocycles. The lowest BCUT2D eigenvalue weighted by atomic mass is 9.96. The van der Waals surface area contributed by atoms with E-state index in [4.69, 9.17) is 0 Å². The van der Waals surface area contributed by atoms with Crippen LogP contribution in [0.4, 0.5) is 0 Å². The Morgan fingerprint density at radius 1 is 1.14 bits per heavy atom. The highest BCUT2D eigenvalue weighted by molar-refractivity contribution is 5.10. The van der Waals surface area contributed by atoms with Gasteiger partial charge in [0.1, 0.15) is 0 Å². The molecule has 2 heteroatoms. The Bertz CT molecular complexity index is 205. The van der Waals surface area contributed by atoms with Crippen molar-refractivity contribution in [1.82, 2.24) is 9.80 Å². The zero-order valence-electron chi connectivity index (χ0n) is 10.2. The summed E-state index contributed by atoms with van der Waals surface area (Å²) in [6.45, 7) is 10.9. The minimum Gasteiger partial charge on any atom is -0.306 e. The van der Waals surface area contributed by atoms with Gasteiger partial charge in [-0.15, -0.1) is 0 Å². The van der Waals surface area contributed by atoms with Gasteiger partial charge in [-0.3, -0.25) is 0 Å². The maximum Gasteiger partial charge on any atom is 0.0177 e. The van der Waals surface area contributed by atoms with Crippen LogP contribution in [0, 0.1) is 17.3 Å². The molecule has 0 radical (unpaired) electrons. The predicted octanol–water partition coefficient (Wildman–Crippen LogP) is 1.52. The van der Waals surface area contributed by atoms with Crippen molar-refractivity contribution in [2.75, 3.05) is 33.7 Å². The largest absolute Gasteiger partial charge is 0.306 e.